The van der Waals surface area contributed by atoms with E-state index in [1.807, 2.05) is 0 Å². The van der Waals surface area contributed by atoms with Crippen LogP contribution in [0.4, 0.5) is 5.69 Å². The Bertz CT molecular complexity index is 568. The van der Waals surface area contributed by atoms with Gasteiger partial charge in [0.15, 0.2) is 0 Å². The molecule has 3 N–H and O–H groups in total. The number of anilines is 1. The smallest absolute Gasteiger partial charge is 0.238 e. The third-order valence-corrected chi connectivity index (χ3v) is 3.97. The first-order valence-corrected chi connectivity index (χ1v) is 8.32. The van der Waals surface area contributed by atoms with Crippen LogP contribution >= 0.6 is 0 Å². The summed E-state index contributed by atoms with van der Waals surface area (Å²) in [7, 11) is -3.70. The first-order chi connectivity index (χ1) is 9.34. The maximum Gasteiger partial charge on any atom is 0.238 e. The number of unbranched alkanes of at least 4 members (excludes halogenated alkanes) is 3. The summed E-state index contributed by atoms with van der Waals surface area (Å²) >= 11 is 0. The van der Waals surface area contributed by atoms with E-state index in [4.69, 9.17) is 5.14 Å². The van der Waals surface area contributed by atoms with Crippen molar-refractivity contribution in [2.75, 3.05) is 5.32 Å². The molecule has 0 atom stereocenters. The maximum atomic E-state index is 11.8. The van der Waals surface area contributed by atoms with Gasteiger partial charge in [-0.3, -0.25) is 4.79 Å². The maximum absolute atomic E-state index is 11.8. The summed E-state index contributed by atoms with van der Waals surface area (Å²) in [6, 6.07) is 4.43. The molecule has 0 fully saturated rings. The second kappa shape index (κ2) is 7.40. The molecule has 0 heterocycles. The van der Waals surface area contributed by atoms with Crippen molar-refractivity contribution in [2.24, 2.45) is 5.14 Å². The van der Waals surface area contributed by atoms with Crippen molar-refractivity contribution in [1.29, 1.82) is 0 Å². The fraction of sp³-hybridized carbons (Fsp3) is 0.500. The molecular weight excluding hydrogens is 276 g/mol. The molecular formula is C14H22N2O3S. The SMILES string of the molecule is CCCCCCC(=O)Nc1ccc(S(N)(=O)=O)cc1C. The van der Waals surface area contributed by atoms with E-state index in [-0.39, 0.29) is 10.8 Å². The molecule has 0 aliphatic heterocycles. The molecule has 0 saturated heterocycles. The highest BCUT2D eigenvalue weighted by Crippen LogP contribution is 2.19. The van der Waals surface area contributed by atoms with E-state index in [9.17, 15) is 13.2 Å². The van der Waals surface area contributed by atoms with Crippen LogP contribution in [0.1, 0.15) is 44.6 Å². The zero-order valence-electron chi connectivity index (χ0n) is 12.0. The third-order valence-electron chi connectivity index (χ3n) is 3.06. The van der Waals surface area contributed by atoms with Gasteiger partial charge in [-0.15, -0.1) is 0 Å². The highest BCUT2D eigenvalue weighted by Gasteiger charge is 2.10. The first-order valence-electron chi connectivity index (χ1n) is 6.78. The van der Waals surface area contributed by atoms with Crippen molar-refractivity contribution in [2.45, 2.75) is 50.8 Å². The second-order valence-electron chi connectivity index (χ2n) is 4.88. The number of nitrogens with two attached hydrogens (primary N) is 1. The molecule has 0 aliphatic rings. The number of amides is 1. The summed E-state index contributed by atoms with van der Waals surface area (Å²) in [5.41, 5.74) is 1.30. The Hall–Kier alpha value is -1.40. The molecule has 6 heteroatoms. The molecule has 5 nitrogen and oxygen atoms in total. The third kappa shape index (κ3) is 5.30. The molecule has 1 rings (SSSR count). The first kappa shape index (κ1) is 16.7. The Morgan fingerprint density at radius 1 is 1.25 bits per heavy atom. The van der Waals surface area contributed by atoms with Crippen LogP contribution in [0.15, 0.2) is 23.1 Å². The van der Waals surface area contributed by atoms with E-state index in [2.05, 4.69) is 12.2 Å². The van der Waals surface area contributed by atoms with Crippen molar-refractivity contribution >= 4 is 21.6 Å². The predicted molar refractivity (Wildman–Crippen MR) is 79.9 cm³/mol. The molecule has 0 bridgehead atoms. The summed E-state index contributed by atoms with van der Waals surface area (Å²) in [6.07, 6.45) is 4.67. The van der Waals surface area contributed by atoms with Crippen molar-refractivity contribution in [3.63, 3.8) is 0 Å². The van der Waals surface area contributed by atoms with Crippen LogP contribution in [0, 0.1) is 6.92 Å². The number of benzene rings is 1. The number of aryl methyl sites for hydroxylation is 1. The highest BCUT2D eigenvalue weighted by atomic mass is 32.2. The van der Waals surface area contributed by atoms with Gasteiger partial charge in [0.2, 0.25) is 15.9 Å². The molecule has 1 amide bonds. The fourth-order valence-electron chi connectivity index (χ4n) is 1.88. The number of hydrogen-bond donors (Lipinski definition) is 2. The Morgan fingerprint density at radius 3 is 2.50 bits per heavy atom. The van der Waals surface area contributed by atoms with Gasteiger partial charge in [-0.2, -0.15) is 0 Å². The van der Waals surface area contributed by atoms with Crippen LogP contribution in [0.3, 0.4) is 0 Å². The van der Waals surface area contributed by atoms with Crippen molar-refractivity contribution in [3.05, 3.63) is 23.8 Å². The molecule has 0 aliphatic carbocycles. The van der Waals surface area contributed by atoms with Gasteiger partial charge in [0.1, 0.15) is 0 Å². The Kier molecular flexibility index (Phi) is 6.16. The van der Waals surface area contributed by atoms with Gasteiger partial charge >= 0.3 is 0 Å². The van der Waals surface area contributed by atoms with Crippen LogP contribution in [0.5, 0.6) is 0 Å². The van der Waals surface area contributed by atoms with Gasteiger partial charge in [-0.05, 0) is 37.1 Å². The van der Waals surface area contributed by atoms with Crippen molar-refractivity contribution < 1.29 is 13.2 Å². The van der Waals surface area contributed by atoms with Crippen LogP contribution in [0.2, 0.25) is 0 Å². The minimum atomic E-state index is -3.70. The van der Waals surface area contributed by atoms with Crippen LogP contribution in [-0.4, -0.2) is 14.3 Å². The molecule has 0 unspecified atom stereocenters. The topological polar surface area (TPSA) is 89.3 Å². The van der Waals surface area contributed by atoms with Crippen LogP contribution in [0.25, 0.3) is 0 Å². The van der Waals surface area contributed by atoms with E-state index in [1.54, 1.807) is 13.0 Å². The molecule has 1 aromatic carbocycles. The summed E-state index contributed by atoms with van der Waals surface area (Å²) in [5.74, 6) is -0.0486. The molecule has 0 aromatic heterocycles. The number of primary sulfonamides is 1. The molecule has 0 spiro atoms. The summed E-state index contributed by atoms with van der Waals surface area (Å²) in [5, 5.41) is 7.85. The lowest BCUT2D eigenvalue weighted by molar-refractivity contribution is -0.116. The lowest BCUT2D eigenvalue weighted by Crippen LogP contribution is -2.14. The minimum Gasteiger partial charge on any atom is -0.326 e. The minimum absolute atomic E-state index is 0.0486. The van der Waals surface area contributed by atoms with Crippen LogP contribution < -0.4 is 10.5 Å². The largest absolute Gasteiger partial charge is 0.326 e. The summed E-state index contributed by atoms with van der Waals surface area (Å²) in [6.45, 7) is 3.86. The average molecular weight is 298 g/mol. The van der Waals surface area contributed by atoms with Gasteiger partial charge in [0, 0.05) is 12.1 Å². The van der Waals surface area contributed by atoms with E-state index in [1.165, 1.54) is 12.1 Å². The van der Waals surface area contributed by atoms with E-state index < -0.39 is 10.0 Å². The average Bonchev–Trinajstić information content (AvgIpc) is 2.36. The van der Waals surface area contributed by atoms with E-state index in [0.29, 0.717) is 17.7 Å². The molecule has 20 heavy (non-hydrogen) atoms. The molecule has 0 saturated carbocycles. The summed E-state index contributed by atoms with van der Waals surface area (Å²) in [4.78, 5) is 11.8. The number of hydrogen-bond acceptors (Lipinski definition) is 3. The van der Waals surface area contributed by atoms with Gasteiger partial charge < -0.3 is 5.32 Å². The fourth-order valence-corrected chi connectivity index (χ4v) is 2.48. The number of carbonyl (C=O) groups excluding carboxylic acids is 1. The normalized spacial score (nSPS) is 11.3. The Morgan fingerprint density at radius 2 is 1.95 bits per heavy atom. The van der Waals surface area contributed by atoms with Gasteiger partial charge in [0.25, 0.3) is 0 Å². The highest BCUT2D eigenvalue weighted by molar-refractivity contribution is 7.89. The molecule has 0 radical (unpaired) electrons. The number of carbonyl (C=O) groups is 1. The number of nitrogens with one attached hydrogen (secondary N) is 1. The lowest BCUT2D eigenvalue weighted by Gasteiger charge is -2.09. The zero-order chi connectivity index (χ0) is 15.2. The van der Waals surface area contributed by atoms with Gasteiger partial charge in [-0.25, -0.2) is 13.6 Å². The van der Waals surface area contributed by atoms with E-state index in [0.717, 1.165) is 25.7 Å². The van der Waals surface area contributed by atoms with Crippen molar-refractivity contribution in [3.8, 4) is 0 Å². The zero-order valence-corrected chi connectivity index (χ0v) is 12.8. The lowest BCUT2D eigenvalue weighted by atomic mass is 10.1. The van der Waals surface area contributed by atoms with Crippen LogP contribution in [-0.2, 0) is 14.8 Å². The summed E-state index contributed by atoms with van der Waals surface area (Å²) < 4.78 is 22.4. The standard InChI is InChI=1S/C14H22N2O3S/c1-3-4-5-6-7-14(17)16-13-9-8-12(10-11(13)2)20(15,18)19/h8-10H,3-7H2,1-2H3,(H,16,17)(H2,15,18,19). The van der Waals surface area contributed by atoms with Gasteiger partial charge in [-0.1, -0.05) is 26.2 Å². The predicted octanol–water partition coefficient (Wildman–Crippen LogP) is 2.55. The molecule has 1 aromatic rings. The van der Waals surface area contributed by atoms with Gasteiger partial charge in [0.05, 0.1) is 4.90 Å². The second-order valence-corrected chi connectivity index (χ2v) is 6.44. The number of sulfonamides is 1. The quantitative estimate of drug-likeness (QED) is 0.758. The Labute approximate surface area is 120 Å². The van der Waals surface area contributed by atoms with Crippen molar-refractivity contribution in [1.82, 2.24) is 0 Å². The monoisotopic (exact) mass is 298 g/mol. The van der Waals surface area contributed by atoms with E-state index >= 15 is 0 Å². The number of rotatable bonds is 7. The Balaban J connectivity index is 2.63. The molecule has 112 valence electrons.